The van der Waals surface area contributed by atoms with E-state index in [0.29, 0.717) is 16.9 Å². The number of halogens is 1. The zero-order chi connectivity index (χ0) is 23.4. The molecule has 1 N–H and O–H groups in total. The van der Waals surface area contributed by atoms with E-state index >= 15 is 0 Å². The molecule has 0 spiro atoms. The molecular formula is C24H18FN3O5. The van der Waals surface area contributed by atoms with Crippen LogP contribution in [0.3, 0.4) is 0 Å². The number of imide groups is 1. The molecule has 1 saturated heterocycles. The Morgan fingerprint density at radius 2 is 1.64 bits per heavy atom. The van der Waals surface area contributed by atoms with Gasteiger partial charge in [0.1, 0.15) is 23.9 Å². The second-order valence-electron chi connectivity index (χ2n) is 7.26. The van der Waals surface area contributed by atoms with E-state index in [4.69, 9.17) is 4.74 Å². The van der Waals surface area contributed by atoms with Crippen LogP contribution in [0.1, 0.15) is 16.7 Å². The van der Waals surface area contributed by atoms with E-state index in [1.165, 1.54) is 42.5 Å². The summed E-state index contributed by atoms with van der Waals surface area (Å²) in [6.07, 6.45) is 1.52. The standard InChI is InChI=1S/C24H18FN3O5/c25-19-9-5-16(6-10-19)14-27-23(29)21(26-24(27)30)13-18-3-1-2-4-22(18)33-15-17-7-11-20(12-8-17)28(31)32/h1-13H,14-15H2,(H,26,30)/b21-13+. The van der Waals surface area contributed by atoms with E-state index in [1.54, 1.807) is 36.4 Å². The predicted molar refractivity (Wildman–Crippen MR) is 117 cm³/mol. The summed E-state index contributed by atoms with van der Waals surface area (Å²) in [5, 5.41) is 13.3. The van der Waals surface area contributed by atoms with Crippen LogP contribution < -0.4 is 10.1 Å². The third-order valence-electron chi connectivity index (χ3n) is 4.98. The van der Waals surface area contributed by atoms with Crippen molar-refractivity contribution < 1.29 is 23.6 Å². The van der Waals surface area contributed by atoms with E-state index in [1.807, 2.05) is 0 Å². The first-order chi connectivity index (χ1) is 15.9. The lowest BCUT2D eigenvalue weighted by molar-refractivity contribution is -0.384. The summed E-state index contributed by atoms with van der Waals surface area (Å²) in [5.41, 5.74) is 2.01. The summed E-state index contributed by atoms with van der Waals surface area (Å²) in [6.45, 7) is 0.176. The maximum absolute atomic E-state index is 13.1. The number of amides is 3. The van der Waals surface area contributed by atoms with Crippen molar-refractivity contribution in [3.05, 3.63) is 111 Å². The minimum atomic E-state index is -0.570. The number of nitro benzene ring substituents is 1. The van der Waals surface area contributed by atoms with Crippen molar-refractivity contribution in [3.8, 4) is 5.75 Å². The number of nitro groups is 1. The Morgan fingerprint density at radius 1 is 0.970 bits per heavy atom. The van der Waals surface area contributed by atoms with Gasteiger partial charge >= 0.3 is 6.03 Å². The number of ether oxygens (including phenoxy) is 1. The molecule has 0 aromatic heterocycles. The minimum absolute atomic E-state index is 0.00966. The number of urea groups is 1. The van der Waals surface area contributed by atoms with E-state index in [9.17, 15) is 24.1 Å². The maximum Gasteiger partial charge on any atom is 0.329 e. The van der Waals surface area contributed by atoms with Crippen LogP contribution in [-0.2, 0) is 17.9 Å². The molecule has 1 heterocycles. The summed E-state index contributed by atoms with van der Waals surface area (Å²) < 4.78 is 19.0. The Balaban J connectivity index is 1.48. The average Bonchev–Trinajstić information content (AvgIpc) is 3.07. The molecule has 3 amide bonds. The fraction of sp³-hybridized carbons (Fsp3) is 0.0833. The van der Waals surface area contributed by atoms with Crippen molar-refractivity contribution in [2.24, 2.45) is 0 Å². The van der Waals surface area contributed by atoms with Gasteiger partial charge in [-0.2, -0.15) is 0 Å². The Morgan fingerprint density at radius 3 is 2.33 bits per heavy atom. The molecule has 4 rings (SSSR count). The maximum atomic E-state index is 13.1. The molecule has 3 aromatic carbocycles. The van der Waals surface area contributed by atoms with Crippen LogP contribution in [0.15, 0.2) is 78.5 Å². The average molecular weight is 447 g/mol. The van der Waals surface area contributed by atoms with Gasteiger partial charge in [0.15, 0.2) is 0 Å². The van der Waals surface area contributed by atoms with Crippen molar-refractivity contribution >= 4 is 23.7 Å². The molecule has 166 valence electrons. The quantitative estimate of drug-likeness (QED) is 0.250. The second-order valence-corrected chi connectivity index (χ2v) is 7.26. The molecular weight excluding hydrogens is 429 g/mol. The van der Waals surface area contributed by atoms with Gasteiger partial charge in [-0.3, -0.25) is 19.8 Å². The topological polar surface area (TPSA) is 102 Å². The van der Waals surface area contributed by atoms with Gasteiger partial charge < -0.3 is 10.1 Å². The summed E-state index contributed by atoms with van der Waals surface area (Å²) in [5.74, 6) is -0.432. The number of nitrogens with zero attached hydrogens (tertiary/aromatic N) is 2. The molecule has 0 radical (unpaired) electrons. The van der Waals surface area contributed by atoms with Crippen molar-refractivity contribution in [1.29, 1.82) is 0 Å². The molecule has 0 unspecified atom stereocenters. The minimum Gasteiger partial charge on any atom is -0.488 e. The number of carbonyl (C=O) groups excluding carboxylic acids is 2. The van der Waals surface area contributed by atoms with Crippen LogP contribution in [0.5, 0.6) is 5.75 Å². The first-order valence-electron chi connectivity index (χ1n) is 9.95. The van der Waals surface area contributed by atoms with Gasteiger partial charge in [0.05, 0.1) is 11.5 Å². The molecule has 0 atom stereocenters. The zero-order valence-electron chi connectivity index (χ0n) is 17.2. The second kappa shape index (κ2) is 9.31. The van der Waals surface area contributed by atoms with Crippen LogP contribution in [0, 0.1) is 15.9 Å². The molecule has 1 aliphatic heterocycles. The first-order valence-corrected chi connectivity index (χ1v) is 9.95. The van der Waals surface area contributed by atoms with Crippen LogP contribution in [0.25, 0.3) is 6.08 Å². The SMILES string of the molecule is O=C1N/C(=C/c2ccccc2OCc2ccc([N+](=O)[O-])cc2)C(=O)N1Cc1ccc(F)cc1. The van der Waals surface area contributed by atoms with Gasteiger partial charge in [-0.15, -0.1) is 0 Å². The number of benzene rings is 3. The smallest absolute Gasteiger partial charge is 0.329 e. The molecule has 1 aliphatic rings. The largest absolute Gasteiger partial charge is 0.488 e. The van der Waals surface area contributed by atoms with Gasteiger partial charge in [-0.05, 0) is 47.5 Å². The van der Waals surface area contributed by atoms with Crippen LogP contribution >= 0.6 is 0 Å². The number of hydrogen-bond donors (Lipinski definition) is 1. The monoisotopic (exact) mass is 447 g/mol. The molecule has 8 nitrogen and oxygen atoms in total. The number of nitrogens with one attached hydrogen (secondary N) is 1. The highest BCUT2D eigenvalue weighted by molar-refractivity contribution is 6.14. The summed E-state index contributed by atoms with van der Waals surface area (Å²) in [7, 11) is 0. The Bertz CT molecular complexity index is 1240. The van der Waals surface area contributed by atoms with E-state index in [2.05, 4.69) is 5.32 Å². The number of non-ortho nitro benzene ring substituents is 1. The zero-order valence-corrected chi connectivity index (χ0v) is 17.2. The molecule has 33 heavy (non-hydrogen) atoms. The van der Waals surface area contributed by atoms with Gasteiger partial charge in [-0.25, -0.2) is 9.18 Å². The predicted octanol–water partition coefficient (Wildman–Crippen LogP) is 4.41. The molecule has 0 bridgehead atoms. The molecule has 0 saturated carbocycles. The number of hydrogen-bond acceptors (Lipinski definition) is 5. The normalized spacial score (nSPS) is 14.5. The highest BCUT2D eigenvalue weighted by Crippen LogP contribution is 2.24. The third kappa shape index (κ3) is 5.04. The van der Waals surface area contributed by atoms with Crippen molar-refractivity contribution in [2.75, 3.05) is 0 Å². The lowest BCUT2D eigenvalue weighted by Crippen LogP contribution is -2.30. The van der Waals surface area contributed by atoms with Crippen LogP contribution in [0.4, 0.5) is 14.9 Å². The summed E-state index contributed by atoms with van der Waals surface area (Å²) >= 11 is 0. The van der Waals surface area contributed by atoms with Crippen LogP contribution in [-0.4, -0.2) is 21.8 Å². The number of para-hydroxylation sites is 1. The van der Waals surface area contributed by atoms with Crippen LogP contribution in [0.2, 0.25) is 0 Å². The third-order valence-corrected chi connectivity index (χ3v) is 4.98. The molecule has 0 aliphatic carbocycles. The first kappa shape index (κ1) is 21.7. The van der Waals surface area contributed by atoms with E-state index < -0.39 is 22.7 Å². The number of carbonyl (C=O) groups is 2. The number of rotatable bonds is 7. The molecule has 9 heteroatoms. The lowest BCUT2D eigenvalue weighted by Gasteiger charge is -2.12. The molecule has 1 fully saturated rings. The van der Waals surface area contributed by atoms with Gasteiger partial charge in [0.25, 0.3) is 11.6 Å². The summed E-state index contributed by atoms with van der Waals surface area (Å²) in [4.78, 5) is 36.4. The highest BCUT2D eigenvalue weighted by atomic mass is 19.1. The fourth-order valence-electron chi connectivity index (χ4n) is 3.25. The van der Waals surface area contributed by atoms with Gasteiger partial charge in [0, 0.05) is 17.7 Å². The fourth-order valence-corrected chi connectivity index (χ4v) is 3.25. The van der Waals surface area contributed by atoms with Crippen molar-refractivity contribution in [2.45, 2.75) is 13.2 Å². The molecule has 3 aromatic rings. The Kier molecular flexibility index (Phi) is 6.12. The van der Waals surface area contributed by atoms with Gasteiger partial charge in [0.2, 0.25) is 0 Å². The van der Waals surface area contributed by atoms with Crippen molar-refractivity contribution in [1.82, 2.24) is 10.2 Å². The van der Waals surface area contributed by atoms with Crippen molar-refractivity contribution in [3.63, 3.8) is 0 Å². The van der Waals surface area contributed by atoms with Gasteiger partial charge in [-0.1, -0.05) is 30.3 Å². The van der Waals surface area contributed by atoms with E-state index in [-0.39, 0.29) is 24.5 Å². The highest BCUT2D eigenvalue weighted by Gasteiger charge is 2.33. The lowest BCUT2D eigenvalue weighted by atomic mass is 10.1. The van der Waals surface area contributed by atoms with E-state index in [0.717, 1.165) is 10.5 Å². The Labute approximate surface area is 188 Å². The summed E-state index contributed by atoms with van der Waals surface area (Å²) in [6, 6.07) is 18.0. The Hall–Kier alpha value is -4.53.